The van der Waals surface area contributed by atoms with Crippen LogP contribution in [-0.2, 0) is 9.59 Å². The number of hydrogen-bond donors (Lipinski definition) is 2. The van der Waals surface area contributed by atoms with Crippen LogP contribution in [0.3, 0.4) is 0 Å². The van der Waals surface area contributed by atoms with Gasteiger partial charge in [0.2, 0.25) is 5.91 Å². The number of carboxylic acid groups (broad SMARTS) is 1. The van der Waals surface area contributed by atoms with Gasteiger partial charge in [-0.2, -0.15) is 0 Å². The summed E-state index contributed by atoms with van der Waals surface area (Å²) in [5.74, 6) is -1.66. The molecule has 0 spiro atoms. The number of halogens is 1. The van der Waals surface area contributed by atoms with Crippen LogP contribution in [-0.4, -0.2) is 22.7 Å². The van der Waals surface area contributed by atoms with Crippen molar-refractivity contribution >= 4 is 23.6 Å². The van der Waals surface area contributed by atoms with Crippen molar-refractivity contribution in [1.82, 2.24) is 5.32 Å². The van der Waals surface area contributed by atoms with Gasteiger partial charge in [-0.15, -0.1) is 11.8 Å². The Labute approximate surface area is 119 Å². The van der Waals surface area contributed by atoms with Gasteiger partial charge in [-0.05, 0) is 24.5 Å². The Hall–Kier alpha value is -1.56. The highest BCUT2D eigenvalue weighted by Crippen LogP contribution is 2.41. The minimum absolute atomic E-state index is 0.218. The lowest BCUT2D eigenvalue weighted by Crippen LogP contribution is -2.32. The lowest BCUT2D eigenvalue weighted by atomic mass is 10.0. The first-order chi connectivity index (χ1) is 9.58. The minimum Gasteiger partial charge on any atom is -0.481 e. The third-order valence-electron chi connectivity index (χ3n) is 3.79. The average Bonchev–Trinajstić information content (AvgIpc) is 3.20. The van der Waals surface area contributed by atoms with E-state index in [9.17, 15) is 14.0 Å². The number of carboxylic acids is 1. The van der Waals surface area contributed by atoms with Crippen LogP contribution >= 0.6 is 11.8 Å². The SMILES string of the molecule is O=C(O)[C@@H]1C[C@H]1C(=O)N[C@H]1CCSc2c(F)cccc21. The zero-order chi connectivity index (χ0) is 14.3. The van der Waals surface area contributed by atoms with Gasteiger partial charge in [-0.3, -0.25) is 9.59 Å². The molecule has 2 N–H and O–H groups in total. The molecule has 0 radical (unpaired) electrons. The van der Waals surface area contributed by atoms with Crippen molar-refractivity contribution in [2.75, 3.05) is 5.75 Å². The molecule has 1 heterocycles. The lowest BCUT2D eigenvalue weighted by molar-refractivity contribution is -0.140. The Balaban J connectivity index is 1.73. The molecule has 1 aliphatic carbocycles. The quantitative estimate of drug-likeness (QED) is 0.897. The zero-order valence-electron chi connectivity index (χ0n) is 10.6. The van der Waals surface area contributed by atoms with Crippen molar-refractivity contribution < 1.29 is 19.1 Å². The van der Waals surface area contributed by atoms with Gasteiger partial charge < -0.3 is 10.4 Å². The summed E-state index contributed by atoms with van der Waals surface area (Å²) in [4.78, 5) is 23.4. The van der Waals surface area contributed by atoms with E-state index in [-0.39, 0.29) is 17.8 Å². The van der Waals surface area contributed by atoms with Crippen LogP contribution in [0.15, 0.2) is 23.1 Å². The Kier molecular flexibility index (Phi) is 3.41. The van der Waals surface area contributed by atoms with E-state index >= 15 is 0 Å². The highest BCUT2D eigenvalue weighted by molar-refractivity contribution is 7.99. The van der Waals surface area contributed by atoms with E-state index < -0.39 is 17.8 Å². The van der Waals surface area contributed by atoms with Crippen LogP contribution in [0.2, 0.25) is 0 Å². The van der Waals surface area contributed by atoms with Gasteiger partial charge >= 0.3 is 5.97 Å². The molecule has 0 bridgehead atoms. The van der Waals surface area contributed by atoms with E-state index in [0.717, 1.165) is 17.7 Å². The van der Waals surface area contributed by atoms with Crippen molar-refractivity contribution in [3.05, 3.63) is 29.6 Å². The maximum absolute atomic E-state index is 13.7. The summed E-state index contributed by atoms with van der Waals surface area (Å²) in [7, 11) is 0. The number of hydrogen-bond acceptors (Lipinski definition) is 3. The van der Waals surface area contributed by atoms with Crippen LogP contribution in [0.1, 0.15) is 24.4 Å². The highest BCUT2D eigenvalue weighted by Gasteiger charge is 2.48. The van der Waals surface area contributed by atoms with E-state index in [0.29, 0.717) is 11.3 Å². The molecule has 1 saturated carbocycles. The van der Waals surface area contributed by atoms with E-state index in [4.69, 9.17) is 5.11 Å². The molecule has 3 rings (SSSR count). The third-order valence-corrected chi connectivity index (χ3v) is 4.95. The smallest absolute Gasteiger partial charge is 0.307 e. The molecule has 2 aliphatic rings. The number of carbonyl (C=O) groups is 2. The third kappa shape index (κ3) is 2.40. The molecule has 6 heteroatoms. The lowest BCUT2D eigenvalue weighted by Gasteiger charge is -2.26. The van der Waals surface area contributed by atoms with Crippen molar-refractivity contribution in [3.63, 3.8) is 0 Å². The number of aliphatic carboxylic acids is 1. The maximum Gasteiger partial charge on any atom is 0.307 e. The molecule has 4 nitrogen and oxygen atoms in total. The first-order valence-electron chi connectivity index (χ1n) is 6.52. The number of carbonyl (C=O) groups excluding carboxylic acids is 1. The molecule has 1 fully saturated rings. The summed E-state index contributed by atoms with van der Waals surface area (Å²) in [5, 5.41) is 11.7. The molecule has 20 heavy (non-hydrogen) atoms. The van der Waals surface area contributed by atoms with E-state index in [1.807, 2.05) is 6.07 Å². The van der Waals surface area contributed by atoms with Crippen molar-refractivity contribution in [3.8, 4) is 0 Å². The Morgan fingerprint density at radius 1 is 1.35 bits per heavy atom. The predicted molar refractivity (Wildman–Crippen MR) is 71.9 cm³/mol. The Morgan fingerprint density at radius 3 is 2.85 bits per heavy atom. The molecule has 1 aliphatic heterocycles. The summed E-state index contributed by atoms with van der Waals surface area (Å²) in [6.45, 7) is 0. The summed E-state index contributed by atoms with van der Waals surface area (Å²) >= 11 is 1.46. The van der Waals surface area contributed by atoms with Crippen LogP contribution in [0.5, 0.6) is 0 Å². The second kappa shape index (κ2) is 5.09. The van der Waals surface area contributed by atoms with E-state index in [1.165, 1.54) is 17.8 Å². The topological polar surface area (TPSA) is 66.4 Å². The first-order valence-corrected chi connectivity index (χ1v) is 7.51. The molecule has 0 unspecified atom stereocenters. The summed E-state index contributed by atoms with van der Waals surface area (Å²) in [6.07, 6.45) is 1.13. The molecule has 1 aromatic rings. The van der Waals surface area contributed by atoms with Crippen LogP contribution in [0, 0.1) is 17.7 Å². The molecule has 106 valence electrons. The van der Waals surface area contributed by atoms with Gasteiger partial charge in [0.25, 0.3) is 0 Å². The van der Waals surface area contributed by atoms with Crippen LogP contribution < -0.4 is 5.32 Å². The van der Waals surface area contributed by atoms with Gasteiger partial charge in [0.15, 0.2) is 0 Å². The monoisotopic (exact) mass is 295 g/mol. The summed E-state index contributed by atoms with van der Waals surface area (Å²) in [5.41, 5.74) is 0.794. The Morgan fingerprint density at radius 2 is 2.15 bits per heavy atom. The number of fused-ring (bicyclic) bond motifs is 1. The second-order valence-electron chi connectivity index (χ2n) is 5.14. The van der Waals surface area contributed by atoms with E-state index in [2.05, 4.69) is 5.32 Å². The second-order valence-corrected chi connectivity index (χ2v) is 6.25. The predicted octanol–water partition coefficient (Wildman–Crippen LogP) is 2.20. The fourth-order valence-corrected chi connectivity index (χ4v) is 3.71. The normalized spacial score (nSPS) is 27.6. The molecule has 0 saturated heterocycles. The van der Waals surface area contributed by atoms with Gasteiger partial charge in [0, 0.05) is 10.6 Å². The zero-order valence-corrected chi connectivity index (χ0v) is 11.5. The highest BCUT2D eigenvalue weighted by atomic mass is 32.2. The average molecular weight is 295 g/mol. The first kappa shape index (κ1) is 13.4. The number of benzene rings is 1. The summed E-state index contributed by atoms with van der Waals surface area (Å²) in [6, 6.07) is 4.65. The van der Waals surface area contributed by atoms with Gasteiger partial charge in [-0.25, -0.2) is 4.39 Å². The summed E-state index contributed by atoms with van der Waals surface area (Å²) < 4.78 is 13.7. The van der Waals surface area contributed by atoms with Crippen molar-refractivity contribution in [1.29, 1.82) is 0 Å². The molecule has 3 atom stereocenters. The fraction of sp³-hybridized carbons (Fsp3) is 0.429. The number of thioether (sulfide) groups is 1. The molecule has 0 aromatic heterocycles. The minimum atomic E-state index is -0.921. The molecule has 1 amide bonds. The Bertz CT molecular complexity index is 578. The molecular weight excluding hydrogens is 281 g/mol. The number of rotatable bonds is 3. The van der Waals surface area contributed by atoms with Crippen molar-refractivity contribution in [2.45, 2.75) is 23.8 Å². The van der Waals surface area contributed by atoms with Crippen LogP contribution in [0.4, 0.5) is 4.39 Å². The largest absolute Gasteiger partial charge is 0.481 e. The fourth-order valence-electron chi connectivity index (χ4n) is 2.57. The molecule has 1 aromatic carbocycles. The van der Waals surface area contributed by atoms with E-state index in [1.54, 1.807) is 6.07 Å². The van der Waals surface area contributed by atoms with Gasteiger partial charge in [0.1, 0.15) is 5.82 Å². The standard InChI is InChI=1S/C14H14FNO3S/c15-10-3-1-2-7-11(4-5-20-12(7)10)16-13(17)8-6-9(8)14(18)19/h1-3,8-9,11H,4-6H2,(H,16,17)(H,18,19)/t8-,9-,11+/m1/s1. The molecular formula is C14H14FNO3S. The maximum atomic E-state index is 13.7. The number of amides is 1. The van der Waals surface area contributed by atoms with Gasteiger partial charge in [-0.1, -0.05) is 12.1 Å². The van der Waals surface area contributed by atoms with Crippen molar-refractivity contribution in [2.24, 2.45) is 11.8 Å². The number of nitrogens with one attached hydrogen (secondary N) is 1. The van der Waals surface area contributed by atoms with Crippen LogP contribution in [0.25, 0.3) is 0 Å². The van der Waals surface area contributed by atoms with Gasteiger partial charge in [0.05, 0.1) is 17.9 Å².